The van der Waals surface area contributed by atoms with Crippen molar-refractivity contribution in [3.63, 3.8) is 0 Å². The average Bonchev–Trinajstić information content (AvgIpc) is 3.13. The molecule has 1 saturated carbocycles. The van der Waals surface area contributed by atoms with Crippen LogP contribution in [0.1, 0.15) is 23.2 Å². The third-order valence-electron chi connectivity index (χ3n) is 2.91. The first kappa shape index (κ1) is 15.8. The Bertz CT molecular complexity index is 438. The first-order chi connectivity index (χ1) is 8.08. The van der Waals surface area contributed by atoms with Gasteiger partial charge in [0, 0.05) is 22.6 Å². The summed E-state index contributed by atoms with van der Waals surface area (Å²) in [4.78, 5) is 11.8. The van der Waals surface area contributed by atoms with Gasteiger partial charge in [-0.1, -0.05) is 11.6 Å². The predicted molar refractivity (Wildman–Crippen MR) is 79.4 cm³/mol. The predicted octanol–water partition coefficient (Wildman–Crippen LogP) is 2.99. The molecule has 0 saturated heterocycles. The third kappa shape index (κ3) is 4.12. The summed E-state index contributed by atoms with van der Waals surface area (Å²) < 4.78 is 0.783. The van der Waals surface area contributed by atoms with Crippen molar-refractivity contribution in [3.8, 4) is 0 Å². The Morgan fingerprint density at radius 3 is 2.78 bits per heavy atom. The fourth-order valence-corrected chi connectivity index (χ4v) is 2.07. The topological polar surface area (TPSA) is 55.1 Å². The molecule has 1 aliphatic rings. The van der Waals surface area contributed by atoms with E-state index in [1.54, 1.807) is 18.2 Å². The first-order valence-corrected chi connectivity index (χ1v) is 6.74. The third-order valence-corrected chi connectivity index (χ3v) is 4.14. The molecule has 3 N–H and O–H groups in total. The van der Waals surface area contributed by atoms with Crippen molar-refractivity contribution in [2.24, 2.45) is 11.7 Å². The molecule has 100 valence electrons. The second-order valence-electron chi connectivity index (χ2n) is 4.34. The van der Waals surface area contributed by atoms with Crippen LogP contribution < -0.4 is 11.1 Å². The molecule has 0 spiro atoms. The van der Waals surface area contributed by atoms with Crippen LogP contribution in [0.5, 0.6) is 0 Å². The molecule has 0 bridgehead atoms. The SMILES string of the molecule is Cl.NC(CNC(=O)c1ccc(Br)c(Cl)c1)C1CC1. The summed E-state index contributed by atoms with van der Waals surface area (Å²) in [5, 5.41) is 3.36. The maximum atomic E-state index is 11.8. The van der Waals surface area contributed by atoms with Crippen molar-refractivity contribution in [1.82, 2.24) is 5.32 Å². The summed E-state index contributed by atoms with van der Waals surface area (Å²) in [7, 11) is 0. The summed E-state index contributed by atoms with van der Waals surface area (Å²) in [6.07, 6.45) is 2.36. The molecule has 1 aromatic carbocycles. The number of carbonyl (C=O) groups is 1. The molecule has 6 heteroatoms. The minimum atomic E-state index is -0.129. The van der Waals surface area contributed by atoms with Crippen LogP contribution in [0.4, 0.5) is 0 Å². The Hall–Kier alpha value is -0.290. The first-order valence-electron chi connectivity index (χ1n) is 5.57. The number of hydrogen-bond acceptors (Lipinski definition) is 2. The zero-order chi connectivity index (χ0) is 12.4. The molecule has 0 radical (unpaired) electrons. The summed E-state index contributed by atoms with van der Waals surface area (Å²) in [5.74, 6) is 0.458. The van der Waals surface area contributed by atoms with Crippen LogP contribution >= 0.6 is 39.9 Å². The highest BCUT2D eigenvalue weighted by molar-refractivity contribution is 9.10. The average molecular weight is 354 g/mol. The van der Waals surface area contributed by atoms with Crippen LogP contribution in [-0.2, 0) is 0 Å². The van der Waals surface area contributed by atoms with Gasteiger partial charge in [-0.3, -0.25) is 4.79 Å². The fraction of sp³-hybridized carbons (Fsp3) is 0.417. The maximum Gasteiger partial charge on any atom is 0.251 e. The van der Waals surface area contributed by atoms with Gasteiger partial charge in [0.15, 0.2) is 0 Å². The van der Waals surface area contributed by atoms with Crippen molar-refractivity contribution >= 4 is 45.8 Å². The van der Waals surface area contributed by atoms with Crippen molar-refractivity contribution < 1.29 is 4.79 Å². The standard InChI is InChI=1S/C12H14BrClN2O.ClH/c13-9-4-3-8(5-10(9)14)12(17)16-6-11(15)7-1-2-7;/h3-5,7,11H,1-2,6,15H2,(H,16,17);1H. The van der Waals surface area contributed by atoms with Gasteiger partial charge in [-0.05, 0) is 52.9 Å². The van der Waals surface area contributed by atoms with Gasteiger partial charge in [0.25, 0.3) is 5.91 Å². The molecule has 2 rings (SSSR count). The number of benzene rings is 1. The number of amides is 1. The number of nitrogens with one attached hydrogen (secondary N) is 1. The van der Waals surface area contributed by atoms with Gasteiger partial charge in [-0.15, -0.1) is 12.4 Å². The van der Waals surface area contributed by atoms with E-state index in [0.717, 1.165) is 4.47 Å². The van der Waals surface area contributed by atoms with E-state index < -0.39 is 0 Å². The van der Waals surface area contributed by atoms with E-state index in [1.807, 2.05) is 0 Å². The van der Waals surface area contributed by atoms with Gasteiger partial charge in [0.1, 0.15) is 0 Å². The molecular weight excluding hydrogens is 339 g/mol. The molecule has 1 aliphatic carbocycles. The molecule has 1 unspecified atom stereocenters. The van der Waals surface area contributed by atoms with E-state index in [9.17, 15) is 4.79 Å². The van der Waals surface area contributed by atoms with Gasteiger partial charge in [0.2, 0.25) is 0 Å². The van der Waals surface area contributed by atoms with E-state index in [2.05, 4.69) is 21.2 Å². The summed E-state index contributed by atoms with van der Waals surface area (Å²) in [5.41, 5.74) is 6.47. The molecule has 3 nitrogen and oxygen atoms in total. The van der Waals surface area contributed by atoms with Crippen LogP contribution in [-0.4, -0.2) is 18.5 Å². The Balaban J connectivity index is 0.00000162. The Labute approximate surface area is 126 Å². The number of halogens is 3. The Morgan fingerprint density at radius 1 is 1.56 bits per heavy atom. The highest BCUT2D eigenvalue weighted by Gasteiger charge is 2.28. The number of rotatable bonds is 4. The van der Waals surface area contributed by atoms with Crippen molar-refractivity contribution in [1.29, 1.82) is 0 Å². The zero-order valence-electron chi connectivity index (χ0n) is 9.66. The van der Waals surface area contributed by atoms with Gasteiger partial charge < -0.3 is 11.1 Å². The van der Waals surface area contributed by atoms with E-state index in [-0.39, 0.29) is 24.4 Å². The molecule has 0 heterocycles. The van der Waals surface area contributed by atoms with Gasteiger partial charge in [-0.25, -0.2) is 0 Å². The monoisotopic (exact) mass is 352 g/mol. The van der Waals surface area contributed by atoms with Crippen LogP contribution in [0, 0.1) is 5.92 Å². The molecule has 0 aromatic heterocycles. The van der Waals surface area contributed by atoms with E-state index in [0.29, 0.717) is 23.0 Å². The van der Waals surface area contributed by atoms with Crippen LogP contribution in [0.2, 0.25) is 5.02 Å². The van der Waals surface area contributed by atoms with E-state index in [4.69, 9.17) is 17.3 Å². The number of nitrogens with two attached hydrogens (primary N) is 1. The lowest BCUT2D eigenvalue weighted by molar-refractivity contribution is 0.0950. The maximum absolute atomic E-state index is 11.8. The minimum absolute atomic E-state index is 0. The lowest BCUT2D eigenvalue weighted by atomic mass is 10.2. The molecule has 1 amide bonds. The normalized spacial score (nSPS) is 15.7. The zero-order valence-corrected chi connectivity index (χ0v) is 12.8. The lowest BCUT2D eigenvalue weighted by Gasteiger charge is -2.11. The van der Waals surface area contributed by atoms with Gasteiger partial charge >= 0.3 is 0 Å². The van der Waals surface area contributed by atoms with Gasteiger partial charge in [-0.2, -0.15) is 0 Å². The number of carbonyl (C=O) groups excluding carboxylic acids is 1. The molecule has 0 aliphatic heterocycles. The van der Waals surface area contributed by atoms with Gasteiger partial charge in [0.05, 0.1) is 5.02 Å². The van der Waals surface area contributed by atoms with E-state index in [1.165, 1.54) is 12.8 Å². The fourth-order valence-electron chi connectivity index (χ4n) is 1.64. The van der Waals surface area contributed by atoms with Crippen molar-refractivity contribution in [3.05, 3.63) is 33.3 Å². The molecule has 1 fully saturated rings. The lowest BCUT2D eigenvalue weighted by Crippen LogP contribution is -2.38. The summed E-state index contributed by atoms with van der Waals surface area (Å²) in [6, 6.07) is 5.21. The number of hydrogen-bond donors (Lipinski definition) is 2. The second kappa shape index (κ2) is 6.75. The molecular formula is C12H15BrCl2N2O. The summed E-state index contributed by atoms with van der Waals surface area (Å²) in [6.45, 7) is 0.525. The molecule has 1 aromatic rings. The van der Waals surface area contributed by atoms with E-state index >= 15 is 0 Å². The molecule has 1 atom stereocenters. The van der Waals surface area contributed by atoms with Crippen LogP contribution in [0.15, 0.2) is 22.7 Å². The van der Waals surface area contributed by atoms with Crippen LogP contribution in [0.3, 0.4) is 0 Å². The van der Waals surface area contributed by atoms with Crippen molar-refractivity contribution in [2.75, 3.05) is 6.54 Å². The largest absolute Gasteiger partial charge is 0.350 e. The second-order valence-corrected chi connectivity index (χ2v) is 5.60. The quantitative estimate of drug-likeness (QED) is 0.874. The summed E-state index contributed by atoms with van der Waals surface area (Å²) >= 11 is 9.21. The van der Waals surface area contributed by atoms with Crippen molar-refractivity contribution in [2.45, 2.75) is 18.9 Å². The highest BCUT2D eigenvalue weighted by atomic mass is 79.9. The highest BCUT2D eigenvalue weighted by Crippen LogP contribution is 2.31. The molecule has 18 heavy (non-hydrogen) atoms. The Kier molecular flexibility index (Phi) is 5.92. The smallest absolute Gasteiger partial charge is 0.251 e. The minimum Gasteiger partial charge on any atom is -0.350 e. The Morgan fingerprint density at radius 2 is 2.22 bits per heavy atom. The van der Waals surface area contributed by atoms with Crippen LogP contribution in [0.25, 0.3) is 0 Å².